The van der Waals surface area contributed by atoms with Crippen LogP contribution in [0.2, 0.25) is 5.02 Å². The Morgan fingerprint density at radius 1 is 1.00 bits per heavy atom. The molecule has 1 aliphatic heterocycles. The van der Waals surface area contributed by atoms with Crippen LogP contribution in [0.1, 0.15) is 49.8 Å². The molecule has 1 aliphatic rings. The molecule has 0 aromatic heterocycles. The molecule has 5 nitrogen and oxygen atoms in total. The van der Waals surface area contributed by atoms with Gasteiger partial charge in [0.15, 0.2) is 0 Å². The number of amides is 1. The summed E-state index contributed by atoms with van der Waals surface area (Å²) in [7, 11) is 0. The second kappa shape index (κ2) is 11.4. The monoisotopic (exact) mass is 507 g/mol. The van der Waals surface area contributed by atoms with Gasteiger partial charge < -0.3 is 9.84 Å². The minimum absolute atomic E-state index is 0.121. The topological polar surface area (TPSA) is 66.8 Å². The molecule has 4 rings (SSSR count). The van der Waals surface area contributed by atoms with Gasteiger partial charge in [0.2, 0.25) is 0 Å². The molecule has 1 fully saturated rings. The summed E-state index contributed by atoms with van der Waals surface area (Å²) in [5.41, 5.74) is 0.996. The third kappa shape index (κ3) is 5.44. The number of carbonyl (C=O) groups excluding carboxylic acids is 2. The molecule has 0 aliphatic carbocycles. The van der Waals surface area contributed by atoms with Gasteiger partial charge in [0.1, 0.15) is 17.3 Å². The third-order valence-electron chi connectivity index (χ3n) is 6.11. The lowest BCUT2D eigenvalue weighted by atomic mass is 9.95. The molecule has 7 heteroatoms. The Kier molecular flexibility index (Phi) is 8.06. The lowest BCUT2D eigenvalue weighted by Gasteiger charge is -2.25. The smallest absolute Gasteiger partial charge is 0.300 e. The highest BCUT2D eigenvalue weighted by Crippen LogP contribution is 2.42. The maximum Gasteiger partial charge on any atom is 0.300 e. The summed E-state index contributed by atoms with van der Waals surface area (Å²) >= 11 is 5.96. The van der Waals surface area contributed by atoms with E-state index in [0.29, 0.717) is 34.2 Å². The molecule has 1 atom stereocenters. The van der Waals surface area contributed by atoms with E-state index in [1.807, 2.05) is 0 Å². The number of hydrogen-bond acceptors (Lipinski definition) is 4. The van der Waals surface area contributed by atoms with E-state index in [1.54, 1.807) is 54.6 Å². The first-order valence-corrected chi connectivity index (χ1v) is 12.3. The lowest BCUT2D eigenvalue weighted by molar-refractivity contribution is -0.132. The van der Waals surface area contributed by atoms with Crippen molar-refractivity contribution in [1.82, 2.24) is 0 Å². The zero-order valence-electron chi connectivity index (χ0n) is 19.9. The van der Waals surface area contributed by atoms with E-state index in [1.165, 1.54) is 23.1 Å². The van der Waals surface area contributed by atoms with Gasteiger partial charge in [-0.15, -0.1) is 0 Å². The van der Waals surface area contributed by atoms with Crippen LogP contribution in [0.4, 0.5) is 10.1 Å². The first-order valence-electron chi connectivity index (χ1n) is 12.0. The van der Waals surface area contributed by atoms with Crippen molar-refractivity contribution in [3.8, 4) is 5.75 Å². The summed E-state index contributed by atoms with van der Waals surface area (Å²) in [6, 6.07) is 17.7. The quantitative estimate of drug-likeness (QED) is 0.146. The second-order valence-corrected chi connectivity index (χ2v) is 9.07. The van der Waals surface area contributed by atoms with E-state index < -0.39 is 23.5 Å². The molecule has 0 spiro atoms. The van der Waals surface area contributed by atoms with Gasteiger partial charge in [-0.1, -0.05) is 49.9 Å². The molecule has 1 unspecified atom stereocenters. The molecule has 1 amide bonds. The highest BCUT2D eigenvalue weighted by atomic mass is 35.5. The van der Waals surface area contributed by atoms with Crippen LogP contribution in [0.25, 0.3) is 5.76 Å². The molecule has 36 heavy (non-hydrogen) atoms. The Morgan fingerprint density at radius 3 is 2.39 bits per heavy atom. The number of aliphatic hydroxyl groups is 1. The number of aliphatic hydroxyl groups excluding tert-OH is 1. The minimum Gasteiger partial charge on any atom is -0.507 e. The van der Waals surface area contributed by atoms with Gasteiger partial charge in [-0.2, -0.15) is 0 Å². The number of rotatable bonds is 9. The average Bonchev–Trinajstić information content (AvgIpc) is 3.14. The fourth-order valence-electron chi connectivity index (χ4n) is 4.28. The van der Waals surface area contributed by atoms with Gasteiger partial charge in [-0.05, 0) is 72.6 Å². The fourth-order valence-corrected chi connectivity index (χ4v) is 4.40. The molecule has 0 saturated carbocycles. The van der Waals surface area contributed by atoms with Crippen LogP contribution in [0.15, 0.2) is 78.4 Å². The van der Waals surface area contributed by atoms with Crippen molar-refractivity contribution in [3.63, 3.8) is 0 Å². The summed E-state index contributed by atoms with van der Waals surface area (Å²) < 4.78 is 20.0. The van der Waals surface area contributed by atoms with Gasteiger partial charge in [0.25, 0.3) is 11.7 Å². The van der Waals surface area contributed by atoms with Gasteiger partial charge in [-0.3, -0.25) is 14.5 Å². The van der Waals surface area contributed by atoms with Crippen molar-refractivity contribution >= 4 is 34.7 Å². The maximum atomic E-state index is 14.2. The highest BCUT2D eigenvalue weighted by molar-refractivity contribution is 6.51. The average molecular weight is 508 g/mol. The van der Waals surface area contributed by atoms with Gasteiger partial charge in [0, 0.05) is 16.3 Å². The van der Waals surface area contributed by atoms with Crippen molar-refractivity contribution in [2.75, 3.05) is 11.5 Å². The molecule has 1 saturated heterocycles. The first-order chi connectivity index (χ1) is 17.4. The van der Waals surface area contributed by atoms with Crippen molar-refractivity contribution in [1.29, 1.82) is 0 Å². The van der Waals surface area contributed by atoms with Crippen molar-refractivity contribution in [2.45, 2.75) is 38.6 Å². The van der Waals surface area contributed by atoms with Crippen molar-refractivity contribution in [3.05, 3.63) is 100 Å². The second-order valence-electron chi connectivity index (χ2n) is 8.63. The van der Waals surface area contributed by atoms with Gasteiger partial charge in [-0.25, -0.2) is 4.39 Å². The van der Waals surface area contributed by atoms with E-state index >= 15 is 0 Å². The van der Waals surface area contributed by atoms with Crippen LogP contribution in [0.3, 0.4) is 0 Å². The zero-order valence-corrected chi connectivity index (χ0v) is 20.7. The summed E-state index contributed by atoms with van der Waals surface area (Å²) in [5, 5.41) is 11.6. The zero-order chi connectivity index (χ0) is 25.7. The number of ketones is 1. The number of nitrogens with zero attached hydrogens (tertiary/aromatic N) is 1. The standard InChI is InChI=1S/C29H27ClFNO4/c1-2-3-4-5-17-36-24-15-13-23(14-16-24)32-26(20-7-6-8-22(31)18-20)25(28(34)29(32)35)27(33)19-9-11-21(30)12-10-19/h6-16,18,26,33H,2-5,17H2,1H3/b27-25+. The Labute approximate surface area is 214 Å². The number of halogens is 2. The molecule has 3 aromatic rings. The normalized spacial score (nSPS) is 17.0. The predicted octanol–water partition coefficient (Wildman–Crippen LogP) is 7.06. The van der Waals surface area contributed by atoms with E-state index in [0.717, 1.165) is 25.7 Å². The highest BCUT2D eigenvalue weighted by Gasteiger charge is 2.47. The molecule has 3 aromatic carbocycles. The van der Waals surface area contributed by atoms with Gasteiger partial charge in [0.05, 0.1) is 18.2 Å². The number of Topliss-reactive ketones (excluding diaryl/α,β-unsaturated/α-hetero) is 1. The van der Waals surface area contributed by atoms with E-state index in [-0.39, 0.29) is 11.3 Å². The molecular weight excluding hydrogens is 481 g/mol. The van der Waals surface area contributed by atoms with Crippen molar-refractivity contribution in [2.24, 2.45) is 0 Å². The van der Waals surface area contributed by atoms with Crippen LogP contribution in [-0.2, 0) is 9.59 Å². The summed E-state index contributed by atoms with van der Waals surface area (Å²) in [6.45, 7) is 2.74. The summed E-state index contributed by atoms with van der Waals surface area (Å²) in [6.07, 6.45) is 4.36. The molecule has 0 radical (unpaired) electrons. The van der Waals surface area contributed by atoms with Gasteiger partial charge >= 0.3 is 0 Å². The predicted molar refractivity (Wildman–Crippen MR) is 139 cm³/mol. The summed E-state index contributed by atoms with van der Waals surface area (Å²) in [5.74, 6) is -1.89. The largest absolute Gasteiger partial charge is 0.507 e. The van der Waals surface area contributed by atoms with Crippen LogP contribution in [0.5, 0.6) is 5.75 Å². The Hall–Kier alpha value is -3.64. The number of unbranched alkanes of at least 4 members (excludes halogenated alkanes) is 3. The molecule has 1 N–H and O–H groups in total. The molecule has 186 valence electrons. The fraction of sp³-hybridized carbons (Fsp3) is 0.241. The molecule has 0 bridgehead atoms. The van der Waals surface area contributed by atoms with Crippen LogP contribution in [-0.4, -0.2) is 23.4 Å². The van der Waals surface area contributed by atoms with Crippen LogP contribution < -0.4 is 9.64 Å². The van der Waals surface area contributed by atoms with E-state index in [9.17, 15) is 19.1 Å². The van der Waals surface area contributed by atoms with Crippen molar-refractivity contribution < 1.29 is 23.8 Å². The number of hydrogen-bond donors (Lipinski definition) is 1. The number of anilines is 1. The van der Waals surface area contributed by atoms with Crippen LogP contribution in [0, 0.1) is 5.82 Å². The Balaban J connectivity index is 1.71. The first kappa shape index (κ1) is 25.5. The minimum atomic E-state index is -1.02. The Bertz CT molecular complexity index is 1270. The Morgan fingerprint density at radius 2 is 1.72 bits per heavy atom. The van der Waals surface area contributed by atoms with E-state index in [4.69, 9.17) is 16.3 Å². The third-order valence-corrected chi connectivity index (χ3v) is 6.36. The molecular formula is C29H27ClFNO4. The number of benzene rings is 3. The number of ether oxygens (including phenoxy) is 1. The lowest BCUT2D eigenvalue weighted by Crippen LogP contribution is -2.29. The SMILES string of the molecule is CCCCCCOc1ccc(N2C(=O)C(=O)/C(=C(/O)c3ccc(Cl)cc3)C2c2cccc(F)c2)cc1. The molecule has 1 heterocycles. The van der Waals surface area contributed by atoms with Crippen LogP contribution >= 0.6 is 11.6 Å². The number of carbonyl (C=O) groups is 2. The summed E-state index contributed by atoms with van der Waals surface area (Å²) in [4.78, 5) is 27.7. The maximum absolute atomic E-state index is 14.2. The van der Waals surface area contributed by atoms with E-state index in [2.05, 4.69) is 6.92 Å².